The third-order valence-electron chi connectivity index (χ3n) is 2.26. The smallest absolute Gasteiger partial charge is 0.146 e. The highest BCUT2D eigenvalue weighted by molar-refractivity contribution is 9.10. The normalized spacial score (nSPS) is 13.2. The molecule has 0 saturated heterocycles. The molecule has 0 fully saturated rings. The number of nitrogens with zero attached hydrogens (tertiary/aromatic N) is 1. The second-order valence-corrected chi connectivity index (χ2v) is 4.72. The topological polar surface area (TPSA) is 23.5 Å². The first-order valence-corrected chi connectivity index (χ1v) is 5.69. The zero-order valence-electron chi connectivity index (χ0n) is 9.17. The van der Waals surface area contributed by atoms with Crippen molar-refractivity contribution in [3.8, 4) is 0 Å². The van der Waals surface area contributed by atoms with Crippen molar-refractivity contribution in [1.29, 1.82) is 0 Å². The van der Waals surface area contributed by atoms with Gasteiger partial charge in [0.1, 0.15) is 11.6 Å². The van der Waals surface area contributed by atoms with Crippen LogP contribution in [0.2, 0.25) is 0 Å². The summed E-state index contributed by atoms with van der Waals surface area (Å²) in [5.41, 5.74) is -0.267. The van der Waals surface area contributed by atoms with Gasteiger partial charge in [-0.15, -0.1) is 0 Å². The summed E-state index contributed by atoms with van der Waals surface area (Å²) in [4.78, 5) is 1.84. The SMILES string of the molecule is CN(C)CCC(O)c1c(F)ccc(Br)c1F. The highest BCUT2D eigenvalue weighted by atomic mass is 79.9. The summed E-state index contributed by atoms with van der Waals surface area (Å²) >= 11 is 2.97. The van der Waals surface area contributed by atoms with Crippen LogP contribution >= 0.6 is 15.9 Å². The van der Waals surface area contributed by atoms with Gasteiger partial charge in [-0.2, -0.15) is 0 Å². The number of aliphatic hydroxyl groups excluding tert-OH is 1. The molecule has 90 valence electrons. The van der Waals surface area contributed by atoms with Crippen molar-refractivity contribution in [1.82, 2.24) is 4.90 Å². The Balaban J connectivity index is 2.90. The fraction of sp³-hybridized carbons (Fsp3) is 0.455. The molecule has 0 amide bonds. The molecule has 0 saturated carbocycles. The van der Waals surface area contributed by atoms with Crippen molar-refractivity contribution < 1.29 is 13.9 Å². The Morgan fingerprint density at radius 3 is 2.56 bits per heavy atom. The molecule has 1 atom stereocenters. The number of hydrogen-bond acceptors (Lipinski definition) is 2. The van der Waals surface area contributed by atoms with E-state index in [9.17, 15) is 13.9 Å². The van der Waals surface area contributed by atoms with Gasteiger partial charge in [0.05, 0.1) is 16.1 Å². The summed E-state index contributed by atoms with van der Waals surface area (Å²) in [5, 5.41) is 9.73. The van der Waals surface area contributed by atoms with E-state index in [0.29, 0.717) is 6.54 Å². The molecule has 1 aromatic carbocycles. The first-order chi connectivity index (χ1) is 7.43. The molecule has 1 aromatic rings. The van der Waals surface area contributed by atoms with Crippen LogP contribution in [-0.4, -0.2) is 30.6 Å². The summed E-state index contributed by atoms with van der Waals surface area (Å²) in [6, 6.07) is 2.42. The largest absolute Gasteiger partial charge is 0.388 e. The van der Waals surface area contributed by atoms with Gasteiger partial charge < -0.3 is 10.0 Å². The lowest BCUT2D eigenvalue weighted by Gasteiger charge is -2.16. The molecule has 16 heavy (non-hydrogen) atoms. The van der Waals surface area contributed by atoms with Gasteiger partial charge in [-0.3, -0.25) is 0 Å². The predicted molar refractivity (Wildman–Crippen MR) is 62.2 cm³/mol. The van der Waals surface area contributed by atoms with E-state index in [0.717, 1.165) is 6.07 Å². The summed E-state index contributed by atoms with van der Waals surface area (Å²) in [6.45, 7) is 0.562. The van der Waals surface area contributed by atoms with E-state index in [1.54, 1.807) is 0 Å². The summed E-state index contributed by atoms with van der Waals surface area (Å²) in [7, 11) is 3.67. The van der Waals surface area contributed by atoms with Crippen LogP contribution in [0, 0.1) is 11.6 Å². The zero-order valence-corrected chi connectivity index (χ0v) is 10.8. The summed E-state index contributed by atoms with van der Waals surface area (Å²) in [6.07, 6.45) is -0.836. The van der Waals surface area contributed by atoms with Gasteiger partial charge in [0, 0.05) is 6.54 Å². The first-order valence-electron chi connectivity index (χ1n) is 4.89. The average molecular weight is 294 g/mol. The van der Waals surface area contributed by atoms with E-state index in [1.165, 1.54) is 6.07 Å². The number of hydrogen-bond donors (Lipinski definition) is 1. The second-order valence-electron chi connectivity index (χ2n) is 3.86. The lowest BCUT2D eigenvalue weighted by molar-refractivity contribution is 0.145. The molecule has 2 nitrogen and oxygen atoms in total. The van der Waals surface area contributed by atoms with Crippen molar-refractivity contribution in [2.75, 3.05) is 20.6 Å². The summed E-state index contributed by atoms with van der Waals surface area (Å²) < 4.78 is 27.1. The van der Waals surface area contributed by atoms with Crippen LogP contribution < -0.4 is 0 Å². The van der Waals surface area contributed by atoms with Crippen LogP contribution in [0.4, 0.5) is 8.78 Å². The van der Waals surface area contributed by atoms with Crippen molar-refractivity contribution >= 4 is 15.9 Å². The Bertz CT molecular complexity index is 371. The molecule has 0 radical (unpaired) electrons. The third kappa shape index (κ3) is 3.23. The maximum atomic E-state index is 13.6. The summed E-state index contributed by atoms with van der Waals surface area (Å²) in [5.74, 6) is -1.45. The van der Waals surface area contributed by atoms with Crippen molar-refractivity contribution in [2.45, 2.75) is 12.5 Å². The fourth-order valence-electron chi connectivity index (χ4n) is 1.37. The lowest BCUT2D eigenvalue weighted by atomic mass is 10.1. The van der Waals surface area contributed by atoms with Crippen LogP contribution in [-0.2, 0) is 0 Å². The average Bonchev–Trinajstić information content (AvgIpc) is 2.21. The highest BCUT2D eigenvalue weighted by Gasteiger charge is 2.19. The zero-order chi connectivity index (χ0) is 12.3. The second kappa shape index (κ2) is 5.70. The molecule has 0 spiro atoms. The minimum atomic E-state index is -1.13. The number of aliphatic hydroxyl groups is 1. The Morgan fingerprint density at radius 2 is 2.00 bits per heavy atom. The van der Waals surface area contributed by atoms with Gasteiger partial charge in [0.15, 0.2) is 0 Å². The molecule has 1 unspecified atom stereocenters. The predicted octanol–water partition coefficient (Wildman–Crippen LogP) is 2.71. The van der Waals surface area contributed by atoms with Crippen molar-refractivity contribution in [3.05, 3.63) is 33.8 Å². The number of rotatable bonds is 4. The molecule has 0 heterocycles. The molecule has 5 heteroatoms. The standard InChI is InChI=1S/C11H14BrF2NO/c1-15(2)6-5-9(16)10-8(13)4-3-7(12)11(10)14/h3-4,9,16H,5-6H2,1-2H3. The Kier molecular flexibility index (Phi) is 4.83. The van der Waals surface area contributed by atoms with Crippen LogP contribution in [0.5, 0.6) is 0 Å². The van der Waals surface area contributed by atoms with E-state index in [4.69, 9.17) is 0 Å². The lowest BCUT2D eigenvalue weighted by Crippen LogP contribution is -2.17. The molecule has 0 aromatic heterocycles. The molecular weight excluding hydrogens is 280 g/mol. The van der Waals surface area contributed by atoms with E-state index >= 15 is 0 Å². The minimum absolute atomic E-state index is 0.160. The highest BCUT2D eigenvalue weighted by Crippen LogP contribution is 2.28. The molecule has 0 aliphatic carbocycles. The van der Waals surface area contributed by atoms with Gasteiger partial charge in [0.25, 0.3) is 0 Å². The molecule has 1 rings (SSSR count). The number of benzene rings is 1. The fourth-order valence-corrected chi connectivity index (χ4v) is 1.72. The third-order valence-corrected chi connectivity index (χ3v) is 2.87. The van der Waals surface area contributed by atoms with E-state index < -0.39 is 17.7 Å². The van der Waals surface area contributed by atoms with E-state index in [-0.39, 0.29) is 16.5 Å². The quantitative estimate of drug-likeness (QED) is 0.863. The molecule has 0 bridgehead atoms. The van der Waals surface area contributed by atoms with Crippen molar-refractivity contribution in [2.24, 2.45) is 0 Å². The van der Waals surface area contributed by atoms with Crippen molar-refractivity contribution in [3.63, 3.8) is 0 Å². The Morgan fingerprint density at radius 1 is 1.38 bits per heavy atom. The van der Waals surface area contributed by atoms with Gasteiger partial charge >= 0.3 is 0 Å². The van der Waals surface area contributed by atoms with Gasteiger partial charge in [-0.25, -0.2) is 8.78 Å². The van der Waals surface area contributed by atoms with Gasteiger partial charge in [-0.05, 0) is 48.6 Å². The van der Waals surface area contributed by atoms with E-state index in [2.05, 4.69) is 15.9 Å². The van der Waals surface area contributed by atoms with Crippen LogP contribution in [0.15, 0.2) is 16.6 Å². The van der Waals surface area contributed by atoms with Crippen LogP contribution in [0.3, 0.4) is 0 Å². The Hall–Kier alpha value is -0.520. The van der Waals surface area contributed by atoms with Crippen LogP contribution in [0.25, 0.3) is 0 Å². The molecule has 1 N–H and O–H groups in total. The molecule has 0 aliphatic heterocycles. The molecular formula is C11H14BrF2NO. The Labute approximate surface area is 102 Å². The van der Waals surface area contributed by atoms with Gasteiger partial charge in [-0.1, -0.05) is 0 Å². The maximum Gasteiger partial charge on any atom is 0.146 e. The van der Waals surface area contributed by atoms with E-state index in [1.807, 2.05) is 19.0 Å². The van der Waals surface area contributed by atoms with Gasteiger partial charge in [0.2, 0.25) is 0 Å². The number of halogens is 3. The first kappa shape index (κ1) is 13.5. The molecule has 0 aliphatic rings. The minimum Gasteiger partial charge on any atom is -0.388 e. The monoisotopic (exact) mass is 293 g/mol. The van der Waals surface area contributed by atoms with Crippen LogP contribution in [0.1, 0.15) is 18.1 Å². The maximum absolute atomic E-state index is 13.6.